The van der Waals surface area contributed by atoms with Gasteiger partial charge in [0.15, 0.2) is 0 Å². The van der Waals surface area contributed by atoms with Crippen molar-refractivity contribution in [3.8, 4) is 0 Å². The number of hydrogen-bond acceptors (Lipinski definition) is 3. The van der Waals surface area contributed by atoms with Crippen LogP contribution in [0.3, 0.4) is 0 Å². The maximum Gasteiger partial charge on any atom is 0.137 e. The van der Waals surface area contributed by atoms with E-state index >= 15 is 0 Å². The van der Waals surface area contributed by atoms with E-state index in [9.17, 15) is 0 Å². The zero-order chi connectivity index (χ0) is 16.0. The smallest absolute Gasteiger partial charge is 0.137 e. The molecule has 0 aromatic carbocycles. The van der Waals surface area contributed by atoms with Crippen LogP contribution >= 0.6 is 0 Å². The fourth-order valence-electron chi connectivity index (χ4n) is 3.27. The maximum atomic E-state index is 6.00. The summed E-state index contributed by atoms with van der Waals surface area (Å²) in [5.74, 6) is 3.63. The zero-order valence-electron chi connectivity index (χ0n) is 14.0. The van der Waals surface area contributed by atoms with E-state index < -0.39 is 0 Å². The molecule has 2 atom stereocenters. The summed E-state index contributed by atoms with van der Waals surface area (Å²) in [6, 6.07) is 10.5. The van der Waals surface area contributed by atoms with Crippen LogP contribution in [0.2, 0.25) is 0 Å². The normalized spacial score (nSPS) is 20.5. The quantitative estimate of drug-likeness (QED) is 0.714. The van der Waals surface area contributed by atoms with Crippen LogP contribution in [0, 0.1) is 12.8 Å². The molecule has 0 unspecified atom stereocenters. The number of hydrogen-bond donors (Lipinski definition) is 0. The molecule has 0 N–H and O–H groups in total. The Balaban J connectivity index is 1.43. The Hall–Kier alpha value is -2.07. The van der Waals surface area contributed by atoms with Gasteiger partial charge in [-0.25, -0.2) is 4.98 Å². The van der Waals surface area contributed by atoms with Crippen molar-refractivity contribution in [2.24, 2.45) is 5.92 Å². The zero-order valence-corrected chi connectivity index (χ0v) is 14.0. The summed E-state index contributed by atoms with van der Waals surface area (Å²) in [5.41, 5.74) is 3.30. The van der Waals surface area contributed by atoms with Crippen LogP contribution in [0.5, 0.6) is 0 Å². The first-order valence-corrected chi connectivity index (χ1v) is 8.31. The molecule has 3 heterocycles. The van der Waals surface area contributed by atoms with E-state index in [0.29, 0.717) is 5.92 Å². The monoisotopic (exact) mass is 309 g/mol. The lowest BCUT2D eigenvalue weighted by Crippen LogP contribution is -2.17. The van der Waals surface area contributed by atoms with E-state index in [1.807, 2.05) is 6.07 Å². The van der Waals surface area contributed by atoms with Gasteiger partial charge in [-0.3, -0.25) is 4.90 Å². The lowest BCUT2D eigenvalue weighted by Gasteiger charge is -2.13. The molecule has 4 nitrogen and oxygen atoms in total. The molecule has 1 fully saturated rings. The predicted molar refractivity (Wildman–Crippen MR) is 90.3 cm³/mol. The maximum absolute atomic E-state index is 6.00. The van der Waals surface area contributed by atoms with Gasteiger partial charge >= 0.3 is 0 Å². The minimum Gasteiger partial charge on any atom is -0.464 e. The lowest BCUT2D eigenvalue weighted by atomic mass is 10.3. The number of fused-ring (bicyclic) bond motifs is 1. The first-order valence-electron chi connectivity index (χ1n) is 8.31. The summed E-state index contributed by atoms with van der Waals surface area (Å²) < 4.78 is 8.14. The minimum atomic E-state index is 0.649. The summed E-state index contributed by atoms with van der Waals surface area (Å²) in [7, 11) is 2.11. The average molecular weight is 309 g/mol. The van der Waals surface area contributed by atoms with Gasteiger partial charge in [0.1, 0.15) is 17.2 Å². The molecule has 0 amide bonds. The third-order valence-electron chi connectivity index (χ3n) is 4.76. The standard InChI is InChI=1S/C19H23N3O/c1-13-9-17(13)18-8-7-16(23-18)12-21(3)10-15-11-22-14(2)5-4-6-19(22)20-15/h4-8,11,13,17H,9-10,12H2,1-3H3/t13-,17-/m1/s1. The number of aryl methyl sites for hydroxylation is 1. The van der Waals surface area contributed by atoms with Gasteiger partial charge in [0, 0.05) is 24.4 Å². The Morgan fingerprint density at radius 2 is 2.09 bits per heavy atom. The second-order valence-electron chi connectivity index (χ2n) is 6.92. The van der Waals surface area contributed by atoms with Crippen molar-refractivity contribution in [3.05, 3.63) is 59.4 Å². The number of furan rings is 1. The van der Waals surface area contributed by atoms with Crippen molar-refractivity contribution in [3.63, 3.8) is 0 Å². The van der Waals surface area contributed by atoms with Gasteiger partial charge in [0.2, 0.25) is 0 Å². The van der Waals surface area contributed by atoms with Crippen LogP contribution in [-0.2, 0) is 13.1 Å². The molecule has 120 valence electrons. The molecule has 4 heteroatoms. The number of aromatic nitrogens is 2. The molecule has 0 aliphatic heterocycles. The van der Waals surface area contributed by atoms with Crippen molar-refractivity contribution < 1.29 is 4.42 Å². The number of pyridine rings is 1. The van der Waals surface area contributed by atoms with Crippen molar-refractivity contribution >= 4 is 5.65 Å². The largest absolute Gasteiger partial charge is 0.464 e. The van der Waals surface area contributed by atoms with E-state index in [1.165, 1.54) is 12.1 Å². The molecule has 23 heavy (non-hydrogen) atoms. The van der Waals surface area contributed by atoms with E-state index in [1.54, 1.807) is 0 Å². The molecule has 1 saturated carbocycles. The van der Waals surface area contributed by atoms with Crippen molar-refractivity contribution in [2.45, 2.75) is 39.3 Å². The molecular formula is C19H23N3O. The highest BCUT2D eigenvalue weighted by Crippen LogP contribution is 2.47. The molecule has 1 aliphatic rings. The van der Waals surface area contributed by atoms with E-state index in [4.69, 9.17) is 9.40 Å². The van der Waals surface area contributed by atoms with Crippen molar-refractivity contribution in [1.29, 1.82) is 0 Å². The van der Waals surface area contributed by atoms with Gasteiger partial charge in [-0.1, -0.05) is 13.0 Å². The van der Waals surface area contributed by atoms with Gasteiger partial charge in [0.25, 0.3) is 0 Å². The van der Waals surface area contributed by atoms with Gasteiger partial charge < -0.3 is 8.82 Å². The Bertz CT molecular complexity index is 832. The van der Waals surface area contributed by atoms with Crippen LogP contribution in [0.4, 0.5) is 0 Å². The minimum absolute atomic E-state index is 0.649. The SMILES string of the molecule is Cc1cccc2nc(CN(C)Cc3ccc([C@@H]4C[C@H]4C)o3)cn12. The van der Waals surface area contributed by atoms with Crippen LogP contribution in [0.25, 0.3) is 5.65 Å². The number of nitrogens with zero attached hydrogens (tertiary/aromatic N) is 3. The summed E-state index contributed by atoms with van der Waals surface area (Å²) in [6.45, 7) is 6.01. The van der Waals surface area contributed by atoms with Gasteiger partial charge in [0.05, 0.1) is 12.2 Å². The molecule has 0 bridgehead atoms. The third-order valence-corrected chi connectivity index (χ3v) is 4.76. The summed E-state index contributed by atoms with van der Waals surface area (Å²) in [6.07, 6.45) is 3.39. The molecule has 0 spiro atoms. The molecule has 4 rings (SSSR count). The fourth-order valence-corrected chi connectivity index (χ4v) is 3.27. The van der Waals surface area contributed by atoms with E-state index in [2.05, 4.69) is 60.7 Å². The molecule has 3 aromatic heterocycles. The van der Waals surface area contributed by atoms with Crippen LogP contribution in [0.1, 0.15) is 42.2 Å². The molecule has 1 aliphatic carbocycles. The highest BCUT2D eigenvalue weighted by molar-refractivity contribution is 5.41. The van der Waals surface area contributed by atoms with Crippen LogP contribution < -0.4 is 0 Å². The number of rotatable bonds is 5. The summed E-state index contributed by atoms with van der Waals surface area (Å²) in [4.78, 5) is 6.95. The number of imidazole rings is 1. The highest BCUT2D eigenvalue weighted by Gasteiger charge is 2.36. The first kappa shape index (κ1) is 14.5. The summed E-state index contributed by atoms with van der Waals surface area (Å²) >= 11 is 0. The fraction of sp³-hybridized carbons (Fsp3) is 0.421. The predicted octanol–water partition coefficient (Wildman–Crippen LogP) is 3.99. The Labute approximate surface area is 136 Å². The van der Waals surface area contributed by atoms with Gasteiger partial charge in [-0.05, 0) is 50.6 Å². The van der Waals surface area contributed by atoms with Crippen molar-refractivity contribution in [1.82, 2.24) is 14.3 Å². The highest BCUT2D eigenvalue weighted by atomic mass is 16.3. The second kappa shape index (κ2) is 5.53. The molecule has 3 aromatic rings. The first-order chi connectivity index (χ1) is 11.1. The Morgan fingerprint density at radius 1 is 1.26 bits per heavy atom. The Kier molecular flexibility index (Phi) is 3.49. The Morgan fingerprint density at radius 3 is 2.83 bits per heavy atom. The molecule has 0 radical (unpaired) electrons. The topological polar surface area (TPSA) is 33.7 Å². The lowest BCUT2D eigenvalue weighted by molar-refractivity contribution is 0.281. The average Bonchev–Trinajstić information content (AvgIpc) is 2.91. The van der Waals surface area contributed by atoms with Gasteiger partial charge in [-0.15, -0.1) is 0 Å². The van der Waals surface area contributed by atoms with Crippen molar-refractivity contribution in [2.75, 3.05) is 7.05 Å². The van der Waals surface area contributed by atoms with Crippen LogP contribution in [0.15, 0.2) is 40.9 Å². The molecule has 0 saturated heterocycles. The summed E-state index contributed by atoms with van der Waals surface area (Å²) in [5, 5.41) is 0. The van der Waals surface area contributed by atoms with E-state index in [0.717, 1.165) is 41.9 Å². The second-order valence-corrected chi connectivity index (χ2v) is 6.92. The van der Waals surface area contributed by atoms with E-state index in [-0.39, 0.29) is 0 Å². The van der Waals surface area contributed by atoms with Crippen LogP contribution in [-0.4, -0.2) is 21.3 Å². The molecular weight excluding hydrogens is 286 g/mol. The third kappa shape index (κ3) is 2.91. The van der Waals surface area contributed by atoms with Gasteiger partial charge in [-0.2, -0.15) is 0 Å².